The molecule has 0 saturated carbocycles. The quantitative estimate of drug-likeness (QED) is 0.677. The van der Waals surface area contributed by atoms with Crippen LogP contribution in [-0.4, -0.2) is 30.1 Å². The van der Waals surface area contributed by atoms with Gasteiger partial charge in [-0.2, -0.15) is 0 Å². The van der Waals surface area contributed by atoms with Crippen LogP contribution >= 0.6 is 11.6 Å². The summed E-state index contributed by atoms with van der Waals surface area (Å²) in [6, 6.07) is 10.6. The smallest absolute Gasteiger partial charge is 0.319 e. The van der Waals surface area contributed by atoms with Gasteiger partial charge in [0.1, 0.15) is 11.5 Å². The minimum Gasteiger partial charge on any atom is -0.508 e. The zero-order valence-corrected chi connectivity index (χ0v) is 11.4. The number of phenolic OH excluding ortho intramolecular Hbond substituents is 2. The summed E-state index contributed by atoms with van der Waals surface area (Å²) in [4.78, 5) is 0. The highest BCUT2D eigenvalue weighted by atomic mass is 35.5. The Kier molecular flexibility index (Phi) is 3.15. The van der Waals surface area contributed by atoms with Crippen molar-refractivity contribution in [2.45, 2.75) is 0 Å². The monoisotopic (exact) mass is 303 g/mol. The maximum absolute atomic E-state index is 9.94. The maximum atomic E-state index is 9.94. The first-order valence-corrected chi connectivity index (χ1v) is 6.37. The van der Waals surface area contributed by atoms with Crippen molar-refractivity contribution in [1.29, 1.82) is 0 Å². The molecule has 7 heteroatoms. The van der Waals surface area contributed by atoms with E-state index in [2.05, 4.69) is 10.2 Å². The summed E-state index contributed by atoms with van der Waals surface area (Å²) >= 11 is 6.12. The van der Waals surface area contributed by atoms with Gasteiger partial charge in [0.15, 0.2) is 5.82 Å². The van der Waals surface area contributed by atoms with E-state index in [0.29, 0.717) is 16.3 Å². The molecule has 0 aliphatic rings. The normalized spacial score (nSPS) is 10.7. The van der Waals surface area contributed by atoms with Crippen LogP contribution in [-0.2, 0) is 0 Å². The number of benzene rings is 2. The molecular weight excluding hydrogens is 294 g/mol. The Morgan fingerprint density at radius 2 is 1.71 bits per heavy atom. The van der Waals surface area contributed by atoms with Crippen molar-refractivity contribution in [3.63, 3.8) is 0 Å². The molecule has 3 aromatic rings. The van der Waals surface area contributed by atoms with Gasteiger partial charge in [-0.3, -0.25) is 0 Å². The van der Waals surface area contributed by atoms with Gasteiger partial charge in [-0.15, -0.1) is 5.10 Å². The van der Waals surface area contributed by atoms with E-state index in [0.717, 1.165) is 0 Å². The van der Waals surface area contributed by atoms with Crippen molar-refractivity contribution >= 4 is 11.6 Å². The number of phenols is 2. The Balaban J connectivity index is 2.25. The molecule has 1 heterocycles. The molecule has 0 unspecified atom stereocenters. The first-order valence-electron chi connectivity index (χ1n) is 5.99. The third kappa shape index (κ3) is 2.25. The molecule has 0 spiro atoms. The van der Waals surface area contributed by atoms with Crippen LogP contribution in [0.4, 0.5) is 0 Å². The largest absolute Gasteiger partial charge is 0.508 e. The average molecular weight is 304 g/mol. The van der Waals surface area contributed by atoms with E-state index >= 15 is 0 Å². The molecule has 2 aromatic carbocycles. The second-order valence-electron chi connectivity index (χ2n) is 4.31. The van der Waals surface area contributed by atoms with Crippen molar-refractivity contribution < 1.29 is 15.3 Å². The van der Waals surface area contributed by atoms with Gasteiger partial charge in [0.2, 0.25) is 0 Å². The van der Waals surface area contributed by atoms with Gasteiger partial charge in [-0.1, -0.05) is 28.8 Å². The fraction of sp³-hybridized carbons (Fsp3) is 0. The SMILES string of the molecule is Oc1ccc(-c2nnc(O)n2-c2ccccc2Cl)c(O)c1. The Morgan fingerprint density at radius 1 is 0.952 bits per heavy atom. The molecule has 6 nitrogen and oxygen atoms in total. The van der Waals surface area contributed by atoms with Gasteiger partial charge >= 0.3 is 6.01 Å². The number of halogens is 1. The zero-order chi connectivity index (χ0) is 15.0. The number of para-hydroxylation sites is 1. The van der Waals surface area contributed by atoms with Crippen molar-refractivity contribution in [3.05, 3.63) is 47.5 Å². The van der Waals surface area contributed by atoms with Crippen molar-refractivity contribution in [2.24, 2.45) is 0 Å². The number of nitrogens with zero attached hydrogens (tertiary/aromatic N) is 3. The second-order valence-corrected chi connectivity index (χ2v) is 4.72. The van der Waals surface area contributed by atoms with Gasteiger partial charge in [-0.05, 0) is 24.3 Å². The minimum atomic E-state index is -0.356. The van der Waals surface area contributed by atoms with E-state index < -0.39 is 0 Å². The highest BCUT2D eigenvalue weighted by Crippen LogP contribution is 2.35. The number of aromatic hydroxyl groups is 3. The minimum absolute atomic E-state index is 0.0794. The van der Waals surface area contributed by atoms with Gasteiger partial charge < -0.3 is 15.3 Å². The molecule has 0 aliphatic carbocycles. The molecular formula is C14H10ClN3O3. The highest BCUT2D eigenvalue weighted by molar-refractivity contribution is 6.32. The summed E-state index contributed by atoms with van der Waals surface area (Å²) in [5.41, 5.74) is 0.782. The van der Waals surface area contributed by atoms with Gasteiger partial charge in [0.05, 0.1) is 16.3 Å². The van der Waals surface area contributed by atoms with E-state index in [1.54, 1.807) is 24.3 Å². The lowest BCUT2D eigenvalue weighted by Crippen LogP contribution is -1.98. The van der Waals surface area contributed by atoms with E-state index in [-0.39, 0.29) is 23.3 Å². The molecule has 0 radical (unpaired) electrons. The lowest BCUT2D eigenvalue weighted by atomic mass is 10.1. The van der Waals surface area contributed by atoms with Gasteiger partial charge in [0, 0.05) is 6.07 Å². The molecule has 0 saturated heterocycles. The van der Waals surface area contributed by atoms with Crippen LogP contribution in [0.5, 0.6) is 17.5 Å². The molecule has 0 atom stereocenters. The molecule has 0 fully saturated rings. The summed E-state index contributed by atoms with van der Waals surface area (Å²) in [6.07, 6.45) is 0. The average Bonchev–Trinajstić information content (AvgIpc) is 2.81. The Bertz CT molecular complexity index is 817. The molecule has 21 heavy (non-hydrogen) atoms. The van der Waals surface area contributed by atoms with Crippen molar-refractivity contribution in [2.75, 3.05) is 0 Å². The fourth-order valence-electron chi connectivity index (χ4n) is 2.01. The third-order valence-corrected chi connectivity index (χ3v) is 3.28. The number of aromatic nitrogens is 3. The number of hydrogen-bond acceptors (Lipinski definition) is 5. The van der Waals surface area contributed by atoms with Crippen LogP contribution in [0.25, 0.3) is 17.1 Å². The molecule has 3 N–H and O–H groups in total. The first-order chi connectivity index (χ1) is 10.1. The van der Waals surface area contributed by atoms with Crippen LogP contribution in [0.3, 0.4) is 0 Å². The summed E-state index contributed by atoms with van der Waals surface area (Å²) in [5.74, 6) is -0.0573. The Hall–Kier alpha value is -2.73. The standard InChI is InChI=1S/C14H10ClN3O3/c15-10-3-1-2-4-11(10)18-13(16-17-14(18)21)9-6-5-8(19)7-12(9)20/h1-7,19-20H,(H,17,21). The van der Waals surface area contributed by atoms with E-state index in [1.807, 2.05) is 0 Å². The topological polar surface area (TPSA) is 91.4 Å². The summed E-state index contributed by atoms with van der Waals surface area (Å²) in [5, 5.41) is 37.1. The molecule has 0 amide bonds. The predicted octanol–water partition coefficient (Wildman–Crippen LogP) is 2.70. The van der Waals surface area contributed by atoms with E-state index in [9.17, 15) is 15.3 Å². The second kappa shape index (κ2) is 4.99. The van der Waals surface area contributed by atoms with Crippen LogP contribution in [0.15, 0.2) is 42.5 Å². The summed E-state index contributed by atoms with van der Waals surface area (Å²) in [7, 11) is 0. The van der Waals surface area contributed by atoms with Gasteiger partial charge in [0.25, 0.3) is 0 Å². The summed E-state index contributed by atoms with van der Waals surface area (Å²) in [6.45, 7) is 0. The van der Waals surface area contributed by atoms with Crippen LogP contribution in [0.2, 0.25) is 5.02 Å². The van der Waals surface area contributed by atoms with Crippen LogP contribution in [0, 0.1) is 0 Å². The predicted molar refractivity (Wildman–Crippen MR) is 76.8 cm³/mol. The molecule has 3 rings (SSSR count). The molecule has 0 bridgehead atoms. The van der Waals surface area contributed by atoms with Crippen LogP contribution < -0.4 is 0 Å². The van der Waals surface area contributed by atoms with E-state index in [1.165, 1.54) is 22.8 Å². The maximum Gasteiger partial charge on any atom is 0.319 e. The van der Waals surface area contributed by atoms with Crippen molar-refractivity contribution in [3.8, 4) is 34.6 Å². The number of hydrogen-bond donors (Lipinski definition) is 3. The molecule has 1 aromatic heterocycles. The molecule has 106 valence electrons. The number of rotatable bonds is 2. The first kappa shape index (κ1) is 13.3. The zero-order valence-electron chi connectivity index (χ0n) is 10.6. The Labute approximate surface area is 124 Å². The molecule has 0 aliphatic heterocycles. The summed E-state index contributed by atoms with van der Waals surface area (Å²) < 4.78 is 1.31. The van der Waals surface area contributed by atoms with Crippen molar-refractivity contribution in [1.82, 2.24) is 14.8 Å². The van der Waals surface area contributed by atoms with Crippen LogP contribution in [0.1, 0.15) is 0 Å². The lowest BCUT2D eigenvalue weighted by Gasteiger charge is -2.10. The Morgan fingerprint density at radius 3 is 2.43 bits per heavy atom. The fourth-order valence-corrected chi connectivity index (χ4v) is 2.23. The van der Waals surface area contributed by atoms with E-state index in [4.69, 9.17) is 11.6 Å². The highest BCUT2D eigenvalue weighted by Gasteiger charge is 2.19. The van der Waals surface area contributed by atoms with Gasteiger partial charge in [-0.25, -0.2) is 4.57 Å². The third-order valence-electron chi connectivity index (χ3n) is 2.96. The lowest BCUT2D eigenvalue weighted by molar-refractivity contribution is 0.420.